The molecule has 0 saturated carbocycles. The number of alkyl halides is 3. The first-order valence-corrected chi connectivity index (χ1v) is 19.3. The average Bonchev–Trinajstić information content (AvgIpc) is 3.74. The van der Waals surface area contributed by atoms with Gasteiger partial charge in [-0.3, -0.25) is 14.5 Å². The Morgan fingerprint density at radius 3 is 2.43 bits per heavy atom. The van der Waals surface area contributed by atoms with E-state index in [1.807, 2.05) is 18.2 Å². The van der Waals surface area contributed by atoms with E-state index in [9.17, 15) is 27.6 Å². The second-order valence-corrected chi connectivity index (χ2v) is 16.4. The molecule has 2 aromatic carbocycles. The Morgan fingerprint density at radius 2 is 1.76 bits per heavy atom. The van der Waals surface area contributed by atoms with E-state index >= 15 is 0 Å². The van der Waals surface area contributed by atoms with E-state index in [2.05, 4.69) is 43.0 Å². The predicted molar refractivity (Wildman–Crippen MR) is 208 cm³/mol. The third-order valence-corrected chi connectivity index (χ3v) is 11.5. The zero-order chi connectivity index (χ0) is 39.5. The predicted octanol–water partition coefficient (Wildman–Crippen LogP) is 9.21. The van der Waals surface area contributed by atoms with Gasteiger partial charge in [0.2, 0.25) is 0 Å². The molecular formula is C40H48ClF3N6O3S. The van der Waals surface area contributed by atoms with Crippen LogP contribution in [0.3, 0.4) is 0 Å². The first-order chi connectivity index (χ1) is 25.4. The van der Waals surface area contributed by atoms with Crippen LogP contribution in [0.1, 0.15) is 94.8 Å². The number of fused-ring (bicyclic) bond motifs is 1. The molecule has 0 saturated heterocycles. The van der Waals surface area contributed by atoms with Crippen LogP contribution in [-0.2, 0) is 25.6 Å². The molecule has 0 fully saturated rings. The summed E-state index contributed by atoms with van der Waals surface area (Å²) in [5, 5.41) is 7.27. The SMILES string of the molecule is CCC(CC)N(CCN(C)C(=O)N(C)C)Cc1cccc(C(=O)Nc2sc3c(c2C(=O)c2cnn(-c4ccc(Cl)c(C(F)(F)F)c4)c2)CCC(C)(C)C3)c1. The summed E-state index contributed by atoms with van der Waals surface area (Å²) < 4.78 is 41.9. The first-order valence-electron chi connectivity index (χ1n) is 18.1. The topological polar surface area (TPSA) is 90.8 Å². The lowest BCUT2D eigenvalue weighted by Gasteiger charge is -2.32. The molecule has 9 nitrogen and oxygen atoms in total. The lowest BCUT2D eigenvalue weighted by molar-refractivity contribution is -0.137. The maximum atomic E-state index is 14.3. The molecule has 54 heavy (non-hydrogen) atoms. The lowest BCUT2D eigenvalue weighted by Crippen LogP contribution is -2.43. The highest BCUT2D eigenvalue weighted by Gasteiger charge is 2.35. The number of halogens is 4. The van der Waals surface area contributed by atoms with Crippen molar-refractivity contribution in [2.75, 3.05) is 39.5 Å². The largest absolute Gasteiger partial charge is 0.417 e. The maximum absolute atomic E-state index is 14.3. The summed E-state index contributed by atoms with van der Waals surface area (Å²) in [6, 6.07) is 11.1. The number of anilines is 1. The number of carbonyl (C=O) groups is 3. The van der Waals surface area contributed by atoms with E-state index in [0.29, 0.717) is 42.2 Å². The summed E-state index contributed by atoms with van der Waals surface area (Å²) in [6.07, 6.45) is 2.18. The van der Waals surface area contributed by atoms with Crippen LogP contribution < -0.4 is 5.32 Å². The second-order valence-electron chi connectivity index (χ2n) is 14.9. The zero-order valence-corrected chi connectivity index (χ0v) is 33.4. The van der Waals surface area contributed by atoms with Crippen LogP contribution >= 0.6 is 22.9 Å². The normalized spacial score (nSPS) is 13.9. The highest BCUT2D eigenvalue weighted by Crippen LogP contribution is 2.45. The van der Waals surface area contributed by atoms with Gasteiger partial charge in [0.25, 0.3) is 5.91 Å². The zero-order valence-electron chi connectivity index (χ0n) is 31.8. The minimum Gasteiger partial charge on any atom is -0.331 e. The van der Waals surface area contributed by atoms with Gasteiger partial charge >= 0.3 is 12.2 Å². The van der Waals surface area contributed by atoms with Crippen LogP contribution in [0.25, 0.3) is 5.69 Å². The van der Waals surface area contributed by atoms with Gasteiger partial charge in [-0.1, -0.05) is 51.4 Å². The number of carbonyl (C=O) groups excluding carboxylic acids is 3. The van der Waals surface area contributed by atoms with Gasteiger partial charge in [0, 0.05) is 63.5 Å². The van der Waals surface area contributed by atoms with Crippen molar-refractivity contribution >= 4 is 45.7 Å². The van der Waals surface area contributed by atoms with Crippen LogP contribution in [-0.4, -0.2) is 82.5 Å². The Kier molecular flexibility index (Phi) is 12.6. The number of nitrogens with zero attached hydrogens (tertiary/aromatic N) is 5. The minimum atomic E-state index is -4.66. The molecule has 2 aromatic heterocycles. The van der Waals surface area contributed by atoms with Gasteiger partial charge in [0.1, 0.15) is 5.00 Å². The molecule has 290 valence electrons. The average molecular weight is 785 g/mol. The molecule has 1 aliphatic rings. The third-order valence-electron chi connectivity index (χ3n) is 10.1. The molecule has 5 rings (SSSR count). The van der Waals surface area contributed by atoms with Crippen molar-refractivity contribution in [3.05, 3.63) is 98.1 Å². The molecule has 3 amide bonds. The number of aromatic nitrogens is 2. The Morgan fingerprint density at radius 1 is 1.04 bits per heavy atom. The van der Waals surface area contributed by atoms with E-state index in [4.69, 9.17) is 11.6 Å². The Bertz CT molecular complexity index is 2000. The smallest absolute Gasteiger partial charge is 0.331 e. The standard InChI is InChI=1S/C40H48ClF3N6O3S/c1-8-28(9-2)49(18-17-48(7)38(53)47(5)6)23-25-11-10-12-26(19-25)36(52)46-37-34(30-15-16-39(3,4)21-33(30)54-37)35(51)27-22-45-50(24-27)29-13-14-32(41)31(20-29)40(42,43)44/h10-14,19-20,22,24,28H,8-9,15-18,21,23H2,1-7H3,(H,46,52). The van der Waals surface area contributed by atoms with Crippen LogP contribution in [0.5, 0.6) is 0 Å². The molecule has 0 aliphatic heterocycles. The fourth-order valence-corrected chi connectivity index (χ4v) is 8.69. The summed E-state index contributed by atoms with van der Waals surface area (Å²) in [6.45, 7) is 10.5. The number of hydrogen-bond donors (Lipinski definition) is 1. The van der Waals surface area contributed by atoms with Crippen molar-refractivity contribution in [3.8, 4) is 5.69 Å². The summed E-state index contributed by atoms with van der Waals surface area (Å²) in [5.74, 6) is -0.725. The number of thiophene rings is 1. The molecule has 0 unspecified atom stereocenters. The number of hydrogen-bond acceptors (Lipinski definition) is 6. The molecule has 0 spiro atoms. The number of urea groups is 1. The second kappa shape index (κ2) is 16.7. The van der Waals surface area contributed by atoms with Crippen molar-refractivity contribution in [1.29, 1.82) is 0 Å². The van der Waals surface area contributed by atoms with E-state index < -0.39 is 16.8 Å². The molecule has 1 N–H and O–H groups in total. The molecule has 4 aromatic rings. The number of amides is 3. The molecule has 0 bridgehead atoms. The Hall–Kier alpha value is -4.20. The van der Waals surface area contributed by atoms with Crippen LogP contribution in [0.15, 0.2) is 54.9 Å². The summed E-state index contributed by atoms with van der Waals surface area (Å²) in [4.78, 5) is 47.3. The summed E-state index contributed by atoms with van der Waals surface area (Å²) >= 11 is 7.22. The molecule has 14 heteroatoms. The van der Waals surface area contributed by atoms with Crippen molar-refractivity contribution in [3.63, 3.8) is 0 Å². The minimum absolute atomic E-state index is 0.0126. The fraction of sp³-hybridized carbons (Fsp3) is 0.450. The van der Waals surface area contributed by atoms with Crippen LogP contribution in [0.4, 0.5) is 23.0 Å². The van der Waals surface area contributed by atoms with Crippen LogP contribution in [0, 0.1) is 5.41 Å². The summed E-state index contributed by atoms with van der Waals surface area (Å²) in [7, 11) is 5.25. The Balaban J connectivity index is 1.41. The summed E-state index contributed by atoms with van der Waals surface area (Å²) in [5.41, 5.74) is 1.95. The van der Waals surface area contributed by atoms with Gasteiger partial charge in [0.15, 0.2) is 5.78 Å². The monoisotopic (exact) mass is 784 g/mol. The Labute approximate surface area is 324 Å². The van der Waals surface area contributed by atoms with Crippen molar-refractivity contribution < 1.29 is 27.6 Å². The first kappa shape index (κ1) is 41.0. The van der Waals surface area contributed by atoms with E-state index in [1.54, 1.807) is 37.0 Å². The fourth-order valence-electron chi connectivity index (χ4n) is 6.96. The number of rotatable bonds is 13. The highest BCUT2D eigenvalue weighted by molar-refractivity contribution is 7.17. The highest BCUT2D eigenvalue weighted by atomic mass is 35.5. The van der Waals surface area contributed by atoms with Gasteiger partial charge in [-0.2, -0.15) is 18.3 Å². The van der Waals surface area contributed by atoms with E-state index in [0.717, 1.165) is 53.8 Å². The van der Waals surface area contributed by atoms with Gasteiger partial charge < -0.3 is 15.1 Å². The van der Waals surface area contributed by atoms with Crippen LogP contribution in [0.2, 0.25) is 5.02 Å². The van der Waals surface area contributed by atoms with Gasteiger partial charge in [0.05, 0.1) is 33.6 Å². The third kappa shape index (κ3) is 9.35. The van der Waals surface area contributed by atoms with Gasteiger partial charge in [-0.15, -0.1) is 11.3 Å². The number of benzene rings is 2. The van der Waals surface area contributed by atoms with Gasteiger partial charge in [-0.25, -0.2) is 9.48 Å². The van der Waals surface area contributed by atoms with Crippen molar-refractivity contribution in [1.82, 2.24) is 24.5 Å². The van der Waals surface area contributed by atoms with E-state index in [-0.39, 0.29) is 40.4 Å². The molecule has 1 aliphatic carbocycles. The molecule has 2 heterocycles. The van der Waals surface area contributed by atoms with Crippen molar-refractivity contribution in [2.45, 2.75) is 78.6 Å². The quantitative estimate of drug-likeness (QED) is 0.137. The lowest BCUT2D eigenvalue weighted by atomic mass is 9.76. The molecule has 0 atom stereocenters. The number of ketones is 1. The molecular weight excluding hydrogens is 737 g/mol. The number of likely N-dealkylation sites (N-methyl/N-ethyl adjacent to an activating group) is 1. The molecule has 0 radical (unpaired) electrons. The van der Waals surface area contributed by atoms with Crippen molar-refractivity contribution in [2.24, 2.45) is 5.41 Å². The van der Waals surface area contributed by atoms with E-state index in [1.165, 1.54) is 34.5 Å². The number of nitrogens with one attached hydrogen (secondary N) is 1. The van der Waals surface area contributed by atoms with Gasteiger partial charge in [-0.05, 0) is 79.0 Å². The maximum Gasteiger partial charge on any atom is 0.417 e.